The van der Waals surface area contributed by atoms with Crippen molar-refractivity contribution < 1.29 is 14.3 Å². The summed E-state index contributed by atoms with van der Waals surface area (Å²) >= 11 is 0. The van der Waals surface area contributed by atoms with Crippen LogP contribution in [0.2, 0.25) is 0 Å². The maximum absolute atomic E-state index is 12.9. The van der Waals surface area contributed by atoms with E-state index in [1.807, 2.05) is 32.0 Å². The van der Waals surface area contributed by atoms with Gasteiger partial charge in [0.1, 0.15) is 0 Å². The molecule has 1 aliphatic rings. The number of fused-ring (bicyclic) bond motifs is 1. The Morgan fingerprint density at radius 1 is 1.29 bits per heavy atom. The number of methoxy groups -OCH3 is 1. The average Bonchev–Trinajstić information content (AvgIpc) is 2.81. The molecule has 0 spiro atoms. The summed E-state index contributed by atoms with van der Waals surface area (Å²) in [5, 5.41) is 0. The molecule has 1 aromatic heterocycles. The van der Waals surface area contributed by atoms with Crippen LogP contribution < -0.4 is 4.90 Å². The van der Waals surface area contributed by atoms with E-state index >= 15 is 0 Å². The Kier molecular flexibility index (Phi) is 5.24. The number of carbonyl (C=O) groups excluding carboxylic acids is 2. The number of aromatic nitrogens is 1. The summed E-state index contributed by atoms with van der Waals surface area (Å²) in [6.07, 6.45) is 3.40. The molecule has 2 aromatic rings. The third-order valence-corrected chi connectivity index (χ3v) is 4.30. The van der Waals surface area contributed by atoms with Crippen molar-refractivity contribution in [2.75, 3.05) is 12.0 Å². The molecule has 126 valence electrons. The molecule has 0 fully saturated rings. The molecular formula is C18H19ClN2O3. The summed E-state index contributed by atoms with van der Waals surface area (Å²) in [5.41, 5.74) is 4.34. The van der Waals surface area contributed by atoms with Crippen LogP contribution in [0.15, 0.2) is 36.7 Å². The maximum atomic E-state index is 12.9. The summed E-state index contributed by atoms with van der Waals surface area (Å²) in [4.78, 5) is 30.4. The van der Waals surface area contributed by atoms with E-state index in [0.29, 0.717) is 11.3 Å². The molecular weight excluding hydrogens is 328 g/mol. The first-order valence-electron chi connectivity index (χ1n) is 7.44. The molecule has 1 aromatic carbocycles. The second-order valence-corrected chi connectivity index (χ2v) is 5.71. The highest BCUT2D eigenvalue weighted by Crippen LogP contribution is 2.40. The lowest BCUT2D eigenvalue weighted by Crippen LogP contribution is -2.29. The molecule has 1 aliphatic heterocycles. The summed E-state index contributed by atoms with van der Waals surface area (Å²) in [7, 11) is 1.36. The molecule has 1 atom stereocenters. The number of rotatable bonds is 3. The van der Waals surface area contributed by atoms with Crippen LogP contribution in [-0.2, 0) is 9.53 Å². The molecule has 0 aliphatic carbocycles. The van der Waals surface area contributed by atoms with Crippen LogP contribution in [0.4, 0.5) is 5.69 Å². The van der Waals surface area contributed by atoms with Gasteiger partial charge in [-0.1, -0.05) is 6.07 Å². The number of carbonyl (C=O) groups is 2. The van der Waals surface area contributed by atoms with E-state index in [4.69, 9.17) is 4.74 Å². The molecule has 24 heavy (non-hydrogen) atoms. The minimum atomic E-state index is -0.367. The van der Waals surface area contributed by atoms with Crippen molar-refractivity contribution in [2.24, 2.45) is 0 Å². The fourth-order valence-electron chi connectivity index (χ4n) is 2.95. The van der Waals surface area contributed by atoms with E-state index in [-0.39, 0.29) is 36.7 Å². The fourth-order valence-corrected chi connectivity index (χ4v) is 2.95. The molecule has 1 amide bonds. The molecule has 0 saturated heterocycles. The smallest absolute Gasteiger partial charge is 0.307 e. The number of benzene rings is 1. The molecule has 6 heteroatoms. The van der Waals surface area contributed by atoms with Gasteiger partial charge in [-0.25, -0.2) is 0 Å². The van der Waals surface area contributed by atoms with Gasteiger partial charge in [-0.3, -0.25) is 19.5 Å². The van der Waals surface area contributed by atoms with Crippen molar-refractivity contribution in [3.8, 4) is 0 Å². The van der Waals surface area contributed by atoms with Crippen molar-refractivity contribution in [1.29, 1.82) is 0 Å². The SMILES string of the molecule is COC(=O)CC1c2cc(C)c(C)cc2C(=O)N1c1cccnc1.Cl. The zero-order chi connectivity index (χ0) is 16.6. The van der Waals surface area contributed by atoms with Gasteiger partial charge < -0.3 is 4.74 Å². The van der Waals surface area contributed by atoms with Crippen LogP contribution in [-0.4, -0.2) is 24.0 Å². The normalized spacial score (nSPS) is 15.7. The quantitative estimate of drug-likeness (QED) is 0.799. The molecule has 0 saturated carbocycles. The summed E-state index contributed by atoms with van der Waals surface area (Å²) in [5.74, 6) is -0.451. The van der Waals surface area contributed by atoms with Crippen molar-refractivity contribution in [3.05, 3.63) is 58.9 Å². The van der Waals surface area contributed by atoms with Gasteiger partial charge in [-0.15, -0.1) is 12.4 Å². The molecule has 1 unspecified atom stereocenters. The summed E-state index contributed by atoms with van der Waals surface area (Å²) in [6.45, 7) is 3.98. The third-order valence-electron chi connectivity index (χ3n) is 4.30. The predicted molar refractivity (Wildman–Crippen MR) is 93.6 cm³/mol. The molecule has 3 rings (SSSR count). The van der Waals surface area contributed by atoms with Gasteiger partial charge >= 0.3 is 5.97 Å². The number of anilines is 1. The van der Waals surface area contributed by atoms with Gasteiger partial charge in [0.2, 0.25) is 0 Å². The first-order chi connectivity index (χ1) is 11.0. The lowest BCUT2D eigenvalue weighted by molar-refractivity contribution is -0.141. The average molecular weight is 347 g/mol. The van der Waals surface area contributed by atoms with Crippen molar-refractivity contribution in [2.45, 2.75) is 26.3 Å². The van der Waals surface area contributed by atoms with E-state index in [0.717, 1.165) is 16.7 Å². The summed E-state index contributed by atoms with van der Waals surface area (Å²) in [6, 6.07) is 7.12. The van der Waals surface area contributed by atoms with Gasteiger partial charge in [0.05, 0.1) is 31.5 Å². The van der Waals surface area contributed by atoms with Crippen molar-refractivity contribution >= 4 is 30.0 Å². The lowest BCUT2D eigenvalue weighted by Gasteiger charge is -2.24. The van der Waals surface area contributed by atoms with Crippen LogP contribution in [0.3, 0.4) is 0 Å². The van der Waals surface area contributed by atoms with E-state index < -0.39 is 0 Å². The Morgan fingerprint density at radius 3 is 2.62 bits per heavy atom. The standard InChI is InChI=1S/C18H18N2O3.ClH/c1-11-7-14-15(8-12(11)2)18(22)20(13-5-4-6-19-10-13)16(14)9-17(21)23-3;/h4-8,10,16H,9H2,1-3H3;1H. The number of pyridine rings is 1. The maximum Gasteiger partial charge on any atom is 0.307 e. The molecule has 2 heterocycles. The molecule has 5 nitrogen and oxygen atoms in total. The first-order valence-corrected chi connectivity index (χ1v) is 7.44. The number of ether oxygens (including phenoxy) is 1. The van der Waals surface area contributed by atoms with Crippen LogP contribution in [0, 0.1) is 13.8 Å². The number of amides is 1. The van der Waals surface area contributed by atoms with E-state index in [2.05, 4.69) is 4.98 Å². The van der Waals surface area contributed by atoms with Crippen LogP contribution in [0.1, 0.15) is 39.5 Å². The Hall–Kier alpha value is -2.40. The Bertz CT molecular complexity index is 777. The monoisotopic (exact) mass is 346 g/mol. The topological polar surface area (TPSA) is 59.5 Å². The first kappa shape index (κ1) is 17.9. The number of halogens is 1. The van der Waals surface area contributed by atoms with Crippen LogP contribution >= 0.6 is 12.4 Å². The van der Waals surface area contributed by atoms with Crippen LogP contribution in [0.5, 0.6) is 0 Å². The second kappa shape index (κ2) is 7.01. The van der Waals surface area contributed by atoms with Gasteiger partial charge in [0.15, 0.2) is 0 Å². The van der Waals surface area contributed by atoms with Gasteiger partial charge in [-0.2, -0.15) is 0 Å². The van der Waals surface area contributed by atoms with E-state index in [1.165, 1.54) is 7.11 Å². The highest BCUT2D eigenvalue weighted by Gasteiger charge is 2.39. The van der Waals surface area contributed by atoms with E-state index in [9.17, 15) is 9.59 Å². The zero-order valence-corrected chi connectivity index (χ0v) is 14.6. The minimum absolute atomic E-state index is 0. The highest BCUT2D eigenvalue weighted by molar-refractivity contribution is 6.11. The number of aryl methyl sites for hydroxylation is 2. The summed E-state index contributed by atoms with van der Waals surface area (Å²) < 4.78 is 4.81. The lowest BCUT2D eigenvalue weighted by atomic mass is 9.96. The largest absolute Gasteiger partial charge is 0.469 e. The predicted octanol–water partition coefficient (Wildman–Crippen LogP) is 3.38. The molecule has 0 bridgehead atoms. The Labute approximate surface area is 147 Å². The van der Waals surface area contributed by atoms with E-state index in [1.54, 1.807) is 23.4 Å². The Morgan fingerprint density at radius 2 is 2.00 bits per heavy atom. The Balaban J connectivity index is 0.00000208. The number of esters is 1. The number of hydrogen-bond donors (Lipinski definition) is 0. The second-order valence-electron chi connectivity index (χ2n) is 5.71. The fraction of sp³-hybridized carbons (Fsp3) is 0.278. The molecule has 0 N–H and O–H groups in total. The highest BCUT2D eigenvalue weighted by atomic mass is 35.5. The minimum Gasteiger partial charge on any atom is -0.469 e. The number of nitrogens with zero attached hydrogens (tertiary/aromatic N) is 2. The van der Waals surface area contributed by atoms with Crippen molar-refractivity contribution in [1.82, 2.24) is 4.98 Å². The van der Waals surface area contributed by atoms with Gasteiger partial charge in [0.25, 0.3) is 5.91 Å². The van der Waals surface area contributed by atoms with Crippen LogP contribution in [0.25, 0.3) is 0 Å². The zero-order valence-electron chi connectivity index (χ0n) is 13.8. The molecule has 0 radical (unpaired) electrons. The van der Waals surface area contributed by atoms with Gasteiger partial charge in [-0.05, 0) is 48.7 Å². The van der Waals surface area contributed by atoms with Gasteiger partial charge in [0, 0.05) is 11.8 Å². The third kappa shape index (κ3) is 2.99. The number of hydrogen-bond acceptors (Lipinski definition) is 4. The van der Waals surface area contributed by atoms with Crippen molar-refractivity contribution in [3.63, 3.8) is 0 Å².